The molecule has 3 aromatic carbocycles. The molecule has 3 rings (SSSR count). The van der Waals surface area contributed by atoms with Crippen LogP contribution in [0.1, 0.15) is 5.56 Å². The molecule has 0 atom stereocenters. The monoisotopic (exact) mass is 260 g/mol. The second kappa shape index (κ2) is 5.22. The molecule has 0 heterocycles. The number of benzene rings is 3. The van der Waals surface area contributed by atoms with Gasteiger partial charge in [-0.05, 0) is 35.7 Å². The Balaban J connectivity index is 2.09. The average Bonchev–Trinajstić information content (AvgIpc) is 2.50. The van der Waals surface area contributed by atoms with Crippen molar-refractivity contribution in [3.05, 3.63) is 78.4 Å². The van der Waals surface area contributed by atoms with Gasteiger partial charge in [0.05, 0.1) is 0 Å². The minimum absolute atomic E-state index is 0.312. The van der Waals surface area contributed by atoms with Gasteiger partial charge in [-0.25, -0.2) is 0 Å². The third-order valence-electron chi connectivity index (χ3n) is 3.47. The predicted molar refractivity (Wildman–Crippen MR) is 83.7 cm³/mol. The zero-order valence-electron chi connectivity index (χ0n) is 11.4. The molecule has 1 nitrogen and oxygen atoms in total. The molecule has 0 saturated carbocycles. The van der Waals surface area contributed by atoms with Crippen LogP contribution in [0.15, 0.2) is 72.8 Å². The lowest BCUT2D eigenvalue weighted by molar-refractivity contribution is 0.477. The SMILES string of the molecule is Cc1ccc(-c2ccc(O)c(-c3ccccc3)c2)cc1. The molecule has 0 aliphatic carbocycles. The fraction of sp³-hybridized carbons (Fsp3) is 0.0526. The molecule has 0 aliphatic rings. The van der Waals surface area contributed by atoms with Crippen molar-refractivity contribution in [2.75, 3.05) is 0 Å². The summed E-state index contributed by atoms with van der Waals surface area (Å²) in [5.41, 5.74) is 5.41. The van der Waals surface area contributed by atoms with Gasteiger partial charge in [0.2, 0.25) is 0 Å². The first-order valence-electron chi connectivity index (χ1n) is 6.69. The van der Waals surface area contributed by atoms with Crippen molar-refractivity contribution in [2.24, 2.45) is 0 Å². The number of aryl methyl sites for hydroxylation is 1. The van der Waals surface area contributed by atoms with Gasteiger partial charge in [-0.15, -0.1) is 0 Å². The van der Waals surface area contributed by atoms with Crippen LogP contribution in [0.2, 0.25) is 0 Å². The molecular formula is C19H16O. The molecule has 0 radical (unpaired) electrons. The average molecular weight is 260 g/mol. The minimum atomic E-state index is 0.312. The van der Waals surface area contributed by atoms with Gasteiger partial charge >= 0.3 is 0 Å². The Morgan fingerprint density at radius 2 is 1.30 bits per heavy atom. The molecule has 1 N–H and O–H groups in total. The van der Waals surface area contributed by atoms with E-state index in [1.54, 1.807) is 6.07 Å². The van der Waals surface area contributed by atoms with Crippen LogP contribution in [0.5, 0.6) is 5.75 Å². The smallest absolute Gasteiger partial charge is 0.123 e. The van der Waals surface area contributed by atoms with E-state index in [4.69, 9.17) is 0 Å². The van der Waals surface area contributed by atoms with Crippen molar-refractivity contribution in [2.45, 2.75) is 6.92 Å². The summed E-state index contributed by atoms with van der Waals surface area (Å²) in [4.78, 5) is 0. The van der Waals surface area contributed by atoms with E-state index in [0.29, 0.717) is 5.75 Å². The molecule has 20 heavy (non-hydrogen) atoms. The normalized spacial score (nSPS) is 10.4. The minimum Gasteiger partial charge on any atom is -0.507 e. The lowest BCUT2D eigenvalue weighted by Gasteiger charge is -2.08. The summed E-state index contributed by atoms with van der Waals surface area (Å²) in [6.07, 6.45) is 0. The van der Waals surface area contributed by atoms with Crippen LogP contribution in [0, 0.1) is 6.92 Å². The van der Waals surface area contributed by atoms with E-state index in [9.17, 15) is 5.11 Å². The maximum atomic E-state index is 10.1. The lowest BCUT2D eigenvalue weighted by Crippen LogP contribution is -1.83. The quantitative estimate of drug-likeness (QED) is 0.684. The molecule has 0 aliphatic heterocycles. The predicted octanol–water partition coefficient (Wildman–Crippen LogP) is 5.03. The van der Waals surface area contributed by atoms with Crippen LogP contribution in [0.3, 0.4) is 0 Å². The number of hydrogen-bond donors (Lipinski definition) is 1. The van der Waals surface area contributed by atoms with Crippen molar-refractivity contribution in [3.8, 4) is 28.0 Å². The number of rotatable bonds is 2. The Kier molecular flexibility index (Phi) is 3.26. The molecule has 0 amide bonds. The largest absolute Gasteiger partial charge is 0.507 e. The molecule has 98 valence electrons. The molecule has 3 aromatic rings. The first-order chi connectivity index (χ1) is 9.74. The summed E-state index contributed by atoms with van der Waals surface area (Å²) in [5.74, 6) is 0.312. The molecule has 0 aromatic heterocycles. The van der Waals surface area contributed by atoms with Gasteiger partial charge in [0.25, 0.3) is 0 Å². The number of hydrogen-bond acceptors (Lipinski definition) is 1. The van der Waals surface area contributed by atoms with E-state index in [0.717, 1.165) is 22.3 Å². The van der Waals surface area contributed by atoms with Crippen LogP contribution in [0.25, 0.3) is 22.3 Å². The van der Waals surface area contributed by atoms with E-state index < -0.39 is 0 Å². The summed E-state index contributed by atoms with van der Waals surface area (Å²) in [7, 11) is 0. The Bertz CT molecular complexity index is 713. The van der Waals surface area contributed by atoms with Crippen LogP contribution in [-0.2, 0) is 0 Å². The van der Waals surface area contributed by atoms with E-state index in [1.165, 1.54) is 5.56 Å². The highest BCUT2D eigenvalue weighted by atomic mass is 16.3. The van der Waals surface area contributed by atoms with Crippen molar-refractivity contribution < 1.29 is 5.11 Å². The maximum absolute atomic E-state index is 10.1. The topological polar surface area (TPSA) is 20.2 Å². The zero-order valence-corrected chi connectivity index (χ0v) is 11.4. The van der Waals surface area contributed by atoms with Crippen molar-refractivity contribution in [1.29, 1.82) is 0 Å². The third kappa shape index (κ3) is 2.43. The molecular weight excluding hydrogens is 244 g/mol. The van der Waals surface area contributed by atoms with Gasteiger partial charge < -0.3 is 5.11 Å². The van der Waals surface area contributed by atoms with Crippen LogP contribution in [-0.4, -0.2) is 5.11 Å². The zero-order chi connectivity index (χ0) is 13.9. The van der Waals surface area contributed by atoms with Crippen LogP contribution >= 0.6 is 0 Å². The van der Waals surface area contributed by atoms with Gasteiger partial charge in [0.15, 0.2) is 0 Å². The van der Waals surface area contributed by atoms with Gasteiger partial charge in [-0.1, -0.05) is 66.2 Å². The standard InChI is InChI=1S/C19H16O/c1-14-7-9-15(10-8-14)17-11-12-19(20)18(13-17)16-5-3-2-4-6-16/h2-13,20H,1H3. The van der Waals surface area contributed by atoms with Crippen molar-refractivity contribution in [1.82, 2.24) is 0 Å². The number of phenolic OH excluding ortho intramolecular Hbond substituents is 1. The Hall–Kier alpha value is -2.54. The van der Waals surface area contributed by atoms with E-state index in [-0.39, 0.29) is 0 Å². The van der Waals surface area contributed by atoms with Gasteiger partial charge in [-0.3, -0.25) is 0 Å². The van der Waals surface area contributed by atoms with E-state index >= 15 is 0 Å². The molecule has 0 unspecified atom stereocenters. The number of phenols is 1. The Labute approximate surface area is 119 Å². The molecule has 0 saturated heterocycles. The number of aromatic hydroxyl groups is 1. The maximum Gasteiger partial charge on any atom is 0.123 e. The molecule has 0 bridgehead atoms. The summed E-state index contributed by atoms with van der Waals surface area (Å²) in [6.45, 7) is 2.08. The first-order valence-corrected chi connectivity index (χ1v) is 6.69. The first kappa shape index (κ1) is 12.5. The summed E-state index contributed by atoms with van der Waals surface area (Å²) in [5, 5.41) is 10.1. The second-order valence-electron chi connectivity index (χ2n) is 4.96. The van der Waals surface area contributed by atoms with Crippen LogP contribution in [0.4, 0.5) is 0 Å². The molecule has 0 fully saturated rings. The second-order valence-corrected chi connectivity index (χ2v) is 4.96. The summed E-state index contributed by atoms with van der Waals surface area (Å²) in [6, 6.07) is 24.1. The Morgan fingerprint density at radius 3 is 2.00 bits per heavy atom. The Morgan fingerprint density at radius 1 is 0.650 bits per heavy atom. The van der Waals surface area contributed by atoms with Gasteiger partial charge in [0, 0.05) is 5.56 Å². The molecule has 0 spiro atoms. The highest BCUT2D eigenvalue weighted by molar-refractivity contribution is 5.77. The lowest BCUT2D eigenvalue weighted by atomic mass is 9.98. The van der Waals surface area contributed by atoms with Crippen molar-refractivity contribution >= 4 is 0 Å². The van der Waals surface area contributed by atoms with Gasteiger partial charge in [0.1, 0.15) is 5.75 Å². The third-order valence-corrected chi connectivity index (χ3v) is 3.47. The highest BCUT2D eigenvalue weighted by Crippen LogP contribution is 2.33. The summed E-state index contributed by atoms with van der Waals surface area (Å²) >= 11 is 0. The highest BCUT2D eigenvalue weighted by Gasteiger charge is 2.06. The molecule has 1 heteroatoms. The van der Waals surface area contributed by atoms with Crippen LogP contribution < -0.4 is 0 Å². The van der Waals surface area contributed by atoms with Gasteiger partial charge in [-0.2, -0.15) is 0 Å². The van der Waals surface area contributed by atoms with E-state index in [2.05, 4.69) is 31.2 Å². The fourth-order valence-electron chi connectivity index (χ4n) is 2.31. The summed E-state index contributed by atoms with van der Waals surface area (Å²) < 4.78 is 0. The van der Waals surface area contributed by atoms with Crippen molar-refractivity contribution in [3.63, 3.8) is 0 Å². The fourth-order valence-corrected chi connectivity index (χ4v) is 2.31. The van der Waals surface area contributed by atoms with E-state index in [1.807, 2.05) is 42.5 Å².